The standard InChI is InChI=1S/C30H34N2O5/c1-5-6-7-8-17-37-27-14-11-23(19-28(27)36-4)18-25-21(2)26(20-31)30(34)32(29(25)33)16-15-22-9-12-24(35-3)13-10-22/h9-14,18-19H,5-8,15-17H2,1-4H3/b25-18+. The number of nitriles is 1. The molecule has 0 aliphatic carbocycles. The van der Waals surface area contributed by atoms with Gasteiger partial charge in [-0.25, -0.2) is 0 Å². The molecule has 0 radical (unpaired) electrons. The summed E-state index contributed by atoms with van der Waals surface area (Å²) in [5, 5.41) is 9.67. The van der Waals surface area contributed by atoms with E-state index in [1.165, 1.54) is 6.42 Å². The molecule has 0 saturated heterocycles. The second-order valence-electron chi connectivity index (χ2n) is 8.85. The van der Waals surface area contributed by atoms with Crippen LogP contribution in [0.5, 0.6) is 17.2 Å². The summed E-state index contributed by atoms with van der Waals surface area (Å²) in [7, 11) is 3.16. The molecule has 0 unspecified atom stereocenters. The van der Waals surface area contributed by atoms with Crippen LogP contribution in [-0.2, 0) is 16.0 Å². The van der Waals surface area contributed by atoms with E-state index in [9.17, 15) is 14.9 Å². The van der Waals surface area contributed by atoms with Gasteiger partial charge in [0.05, 0.1) is 20.8 Å². The van der Waals surface area contributed by atoms with E-state index in [0.717, 1.165) is 35.5 Å². The largest absolute Gasteiger partial charge is 0.497 e. The van der Waals surface area contributed by atoms with Gasteiger partial charge in [0, 0.05) is 12.1 Å². The van der Waals surface area contributed by atoms with Gasteiger partial charge in [-0.2, -0.15) is 5.26 Å². The van der Waals surface area contributed by atoms with E-state index in [2.05, 4.69) is 6.92 Å². The number of amides is 2. The molecule has 37 heavy (non-hydrogen) atoms. The summed E-state index contributed by atoms with van der Waals surface area (Å²) in [6.45, 7) is 4.56. The lowest BCUT2D eigenvalue weighted by Crippen LogP contribution is -2.43. The van der Waals surface area contributed by atoms with Crippen LogP contribution in [0.25, 0.3) is 6.08 Å². The van der Waals surface area contributed by atoms with Gasteiger partial charge < -0.3 is 14.2 Å². The van der Waals surface area contributed by atoms with Crippen molar-refractivity contribution >= 4 is 17.9 Å². The molecule has 1 aliphatic rings. The fourth-order valence-electron chi connectivity index (χ4n) is 4.14. The first kappa shape index (κ1) is 27.5. The predicted octanol–water partition coefficient (Wildman–Crippen LogP) is 5.50. The third kappa shape index (κ3) is 6.79. The van der Waals surface area contributed by atoms with E-state index in [-0.39, 0.29) is 12.1 Å². The number of hydrogen-bond donors (Lipinski definition) is 0. The molecule has 0 atom stereocenters. The fraction of sp³-hybridized carbons (Fsp3) is 0.367. The normalized spacial score (nSPS) is 14.7. The Hall–Kier alpha value is -4.05. The number of carbonyl (C=O) groups is 2. The monoisotopic (exact) mass is 502 g/mol. The molecule has 7 heteroatoms. The van der Waals surface area contributed by atoms with Crippen molar-refractivity contribution in [3.05, 3.63) is 70.3 Å². The third-order valence-electron chi connectivity index (χ3n) is 6.36. The predicted molar refractivity (Wildman–Crippen MR) is 142 cm³/mol. The molecule has 2 aromatic carbocycles. The SMILES string of the molecule is CCCCCCOc1ccc(/C=C2/C(=O)N(CCc3ccc(OC)cc3)C(=O)C(C#N)=C2C)cc1OC. The lowest BCUT2D eigenvalue weighted by atomic mass is 9.93. The van der Waals surface area contributed by atoms with Crippen molar-refractivity contribution < 1.29 is 23.8 Å². The van der Waals surface area contributed by atoms with Crippen molar-refractivity contribution in [2.75, 3.05) is 27.4 Å². The van der Waals surface area contributed by atoms with Crippen molar-refractivity contribution in [1.29, 1.82) is 5.26 Å². The zero-order valence-corrected chi connectivity index (χ0v) is 22.0. The molecule has 0 aromatic heterocycles. The summed E-state index contributed by atoms with van der Waals surface area (Å²) in [5.74, 6) is 0.929. The van der Waals surface area contributed by atoms with Crippen LogP contribution in [0.3, 0.4) is 0 Å². The number of benzene rings is 2. The number of carbonyl (C=O) groups excluding carboxylic acids is 2. The Balaban J connectivity index is 1.82. The van der Waals surface area contributed by atoms with Crippen LogP contribution >= 0.6 is 0 Å². The fourth-order valence-corrected chi connectivity index (χ4v) is 4.14. The lowest BCUT2D eigenvalue weighted by molar-refractivity contribution is -0.140. The van der Waals surface area contributed by atoms with Crippen molar-refractivity contribution in [2.24, 2.45) is 0 Å². The van der Waals surface area contributed by atoms with Crippen LogP contribution in [0.2, 0.25) is 0 Å². The van der Waals surface area contributed by atoms with Gasteiger partial charge in [-0.15, -0.1) is 0 Å². The molecule has 1 heterocycles. The van der Waals surface area contributed by atoms with Crippen molar-refractivity contribution in [3.63, 3.8) is 0 Å². The highest BCUT2D eigenvalue weighted by molar-refractivity contribution is 6.19. The van der Waals surface area contributed by atoms with Gasteiger partial charge in [-0.3, -0.25) is 14.5 Å². The third-order valence-corrected chi connectivity index (χ3v) is 6.36. The van der Waals surface area contributed by atoms with E-state index in [1.54, 1.807) is 33.3 Å². The molecule has 1 aliphatic heterocycles. The second-order valence-corrected chi connectivity index (χ2v) is 8.85. The van der Waals surface area contributed by atoms with Gasteiger partial charge in [0.2, 0.25) is 0 Å². The van der Waals surface area contributed by atoms with E-state index >= 15 is 0 Å². The average molecular weight is 503 g/mol. The maximum Gasteiger partial charge on any atom is 0.271 e. The summed E-state index contributed by atoms with van der Waals surface area (Å²) in [4.78, 5) is 27.5. The van der Waals surface area contributed by atoms with Gasteiger partial charge in [-0.1, -0.05) is 44.4 Å². The Morgan fingerprint density at radius 1 is 0.946 bits per heavy atom. The first-order valence-electron chi connectivity index (χ1n) is 12.6. The smallest absolute Gasteiger partial charge is 0.271 e. The molecule has 0 fully saturated rings. The van der Waals surface area contributed by atoms with E-state index in [4.69, 9.17) is 14.2 Å². The van der Waals surface area contributed by atoms with E-state index in [1.807, 2.05) is 42.5 Å². The van der Waals surface area contributed by atoms with Crippen molar-refractivity contribution in [2.45, 2.75) is 46.0 Å². The highest BCUT2D eigenvalue weighted by Crippen LogP contribution is 2.32. The van der Waals surface area contributed by atoms with Crippen molar-refractivity contribution in [3.8, 4) is 23.3 Å². The number of rotatable bonds is 12. The molecule has 0 spiro atoms. The summed E-state index contributed by atoms with van der Waals surface area (Å²) in [6, 6.07) is 14.9. The van der Waals surface area contributed by atoms with Gasteiger partial charge in [-0.05, 0) is 66.8 Å². The first-order chi connectivity index (χ1) is 17.9. The number of hydrogen-bond acceptors (Lipinski definition) is 6. The number of imide groups is 1. The van der Waals surface area contributed by atoms with Crippen LogP contribution in [0.15, 0.2) is 59.2 Å². The Labute approximate surface area is 218 Å². The zero-order valence-electron chi connectivity index (χ0n) is 22.0. The van der Waals surface area contributed by atoms with Gasteiger partial charge in [0.1, 0.15) is 17.4 Å². The Kier molecular flexibility index (Phi) is 9.91. The van der Waals surface area contributed by atoms with E-state index < -0.39 is 11.8 Å². The maximum atomic E-state index is 13.4. The molecule has 194 valence electrons. The molecule has 7 nitrogen and oxygen atoms in total. The molecular formula is C30H34N2O5. The Bertz CT molecular complexity index is 1220. The molecular weight excluding hydrogens is 468 g/mol. The minimum Gasteiger partial charge on any atom is -0.497 e. The summed E-state index contributed by atoms with van der Waals surface area (Å²) < 4.78 is 16.6. The van der Waals surface area contributed by atoms with Crippen LogP contribution in [-0.4, -0.2) is 44.1 Å². The highest BCUT2D eigenvalue weighted by atomic mass is 16.5. The minimum absolute atomic E-state index is 0.0282. The summed E-state index contributed by atoms with van der Waals surface area (Å²) in [5.41, 5.74) is 2.31. The zero-order chi connectivity index (χ0) is 26.8. The topological polar surface area (TPSA) is 88.9 Å². The molecule has 2 aromatic rings. The highest BCUT2D eigenvalue weighted by Gasteiger charge is 2.35. The maximum absolute atomic E-state index is 13.4. The van der Waals surface area contributed by atoms with Crippen LogP contribution < -0.4 is 14.2 Å². The number of ether oxygens (including phenoxy) is 3. The van der Waals surface area contributed by atoms with E-state index in [0.29, 0.717) is 41.2 Å². The molecule has 0 bridgehead atoms. The molecule has 0 N–H and O–H groups in total. The molecule has 2 amide bonds. The summed E-state index contributed by atoms with van der Waals surface area (Å²) in [6.07, 6.45) is 6.58. The van der Waals surface area contributed by atoms with Gasteiger partial charge in [0.15, 0.2) is 11.5 Å². The number of nitrogens with zero attached hydrogens (tertiary/aromatic N) is 2. The molecule has 0 saturated carbocycles. The average Bonchev–Trinajstić information content (AvgIpc) is 2.92. The lowest BCUT2D eigenvalue weighted by Gasteiger charge is -2.27. The van der Waals surface area contributed by atoms with Gasteiger partial charge in [0.25, 0.3) is 11.8 Å². The summed E-state index contributed by atoms with van der Waals surface area (Å²) >= 11 is 0. The van der Waals surface area contributed by atoms with Gasteiger partial charge >= 0.3 is 0 Å². The Morgan fingerprint density at radius 2 is 1.70 bits per heavy atom. The number of unbranched alkanes of at least 4 members (excludes halogenated alkanes) is 3. The quantitative estimate of drug-likeness (QED) is 0.216. The first-order valence-corrected chi connectivity index (χ1v) is 12.6. The van der Waals surface area contributed by atoms with Crippen LogP contribution in [0.1, 0.15) is 50.7 Å². The van der Waals surface area contributed by atoms with Crippen LogP contribution in [0.4, 0.5) is 0 Å². The second kappa shape index (κ2) is 13.3. The molecule has 3 rings (SSSR count). The Morgan fingerprint density at radius 3 is 2.35 bits per heavy atom. The number of methoxy groups -OCH3 is 2. The minimum atomic E-state index is -0.569. The van der Waals surface area contributed by atoms with Crippen LogP contribution in [0, 0.1) is 11.3 Å². The van der Waals surface area contributed by atoms with Crippen molar-refractivity contribution in [1.82, 2.24) is 4.90 Å².